The summed E-state index contributed by atoms with van der Waals surface area (Å²) in [5.74, 6) is 1.44. The van der Waals surface area contributed by atoms with E-state index in [4.69, 9.17) is 33.3 Å². The van der Waals surface area contributed by atoms with E-state index in [1.807, 2.05) is 36.4 Å². The van der Waals surface area contributed by atoms with E-state index < -0.39 is 0 Å². The molecule has 0 aliphatic heterocycles. The minimum absolute atomic E-state index is 0.550. The van der Waals surface area contributed by atoms with Gasteiger partial charge < -0.3 is 20.1 Å². The molecule has 4 nitrogen and oxygen atoms in total. The van der Waals surface area contributed by atoms with E-state index in [2.05, 4.69) is 26.6 Å². The lowest BCUT2D eigenvalue weighted by Crippen LogP contribution is -2.30. The third-order valence-electron chi connectivity index (χ3n) is 3.32. The van der Waals surface area contributed by atoms with Crippen LogP contribution in [0.25, 0.3) is 0 Å². The quantitative estimate of drug-likeness (QED) is 0.654. The van der Waals surface area contributed by atoms with Gasteiger partial charge in [-0.2, -0.15) is 0 Å². The molecular formula is C17H18BrClN2O2S. The molecule has 0 spiro atoms. The topological polar surface area (TPSA) is 42.5 Å². The standard InChI is InChI=1S/C17H18BrClN2O2S/c1-22-15-6-3-11(9-16(15)23-2)7-8-20-17(24)21-12-4-5-13(18)14(19)10-12/h3-6,9-10H,7-8H2,1-2H3,(H2,20,21,24). The Bertz CT molecular complexity index is 728. The number of thiocarbonyl (C=S) groups is 1. The number of ether oxygens (including phenoxy) is 2. The van der Waals surface area contributed by atoms with Crippen LogP contribution in [-0.4, -0.2) is 25.9 Å². The number of anilines is 1. The maximum Gasteiger partial charge on any atom is 0.170 e. The molecule has 0 amide bonds. The highest BCUT2D eigenvalue weighted by molar-refractivity contribution is 9.10. The van der Waals surface area contributed by atoms with E-state index >= 15 is 0 Å². The number of nitrogens with one attached hydrogen (secondary N) is 2. The molecule has 0 fully saturated rings. The van der Waals surface area contributed by atoms with Crippen molar-refractivity contribution >= 4 is 50.5 Å². The van der Waals surface area contributed by atoms with Crippen molar-refractivity contribution in [1.82, 2.24) is 5.32 Å². The summed E-state index contributed by atoms with van der Waals surface area (Å²) in [6.45, 7) is 0.700. The molecule has 2 N–H and O–H groups in total. The van der Waals surface area contributed by atoms with Gasteiger partial charge in [0.05, 0.1) is 19.2 Å². The van der Waals surface area contributed by atoms with Gasteiger partial charge in [0.15, 0.2) is 16.6 Å². The molecule has 0 unspecified atom stereocenters. The third kappa shape index (κ3) is 5.26. The summed E-state index contributed by atoms with van der Waals surface area (Å²) in [6, 6.07) is 11.5. The number of methoxy groups -OCH3 is 2. The molecule has 0 saturated heterocycles. The van der Waals surface area contributed by atoms with E-state index in [0.717, 1.165) is 33.6 Å². The maximum atomic E-state index is 6.06. The number of rotatable bonds is 6. The second-order valence-corrected chi connectivity index (χ2v) is 6.62. The first-order valence-electron chi connectivity index (χ1n) is 7.24. The molecule has 128 valence electrons. The summed E-state index contributed by atoms with van der Waals surface area (Å²) in [5, 5.41) is 7.46. The van der Waals surface area contributed by atoms with E-state index in [1.54, 1.807) is 14.2 Å². The molecule has 2 aromatic rings. The molecule has 0 aliphatic rings. The first kappa shape index (κ1) is 18.8. The zero-order chi connectivity index (χ0) is 17.5. The second-order valence-electron chi connectivity index (χ2n) is 4.95. The molecule has 0 bridgehead atoms. The zero-order valence-corrected chi connectivity index (χ0v) is 16.5. The van der Waals surface area contributed by atoms with Gasteiger partial charge in [0.1, 0.15) is 0 Å². The lowest BCUT2D eigenvalue weighted by Gasteiger charge is -2.12. The fourth-order valence-corrected chi connectivity index (χ4v) is 2.75. The number of halogens is 2. The zero-order valence-electron chi connectivity index (χ0n) is 13.4. The van der Waals surface area contributed by atoms with Crippen LogP contribution in [0.15, 0.2) is 40.9 Å². The van der Waals surface area contributed by atoms with Gasteiger partial charge >= 0.3 is 0 Å². The molecule has 0 atom stereocenters. The Balaban J connectivity index is 1.85. The van der Waals surface area contributed by atoms with Gasteiger partial charge in [-0.25, -0.2) is 0 Å². The summed E-state index contributed by atoms with van der Waals surface area (Å²) in [5.41, 5.74) is 1.97. The minimum Gasteiger partial charge on any atom is -0.493 e. The SMILES string of the molecule is COc1ccc(CCNC(=S)Nc2ccc(Br)c(Cl)c2)cc1OC. The van der Waals surface area contributed by atoms with Gasteiger partial charge in [0, 0.05) is 16.7 Å². The smallest absolute Gasteiger partial charge is 0.170 e. The van der Waals surface area contributed by atoms with Gasteiger partial charge in [-0.15, -0.1) is 0 Å². The minimum atomic E-state index is 0.550. The van der Waals surface area contributed by atoms with Crippen LogP contribution in [0.1, 0.15) is 5.56 Å². The fourth-order valence-electron chi connectivity index (χ4n) is 2.11. The highest BCUT2D eigenvalue weighted by Crippen LogP contribution is 2.27. The highest BCUT2D eigenvalue weighted by atomic mass is 79.9. The molecule has 0 aliphatic carbocycles. The average Bonchev–Trinajstić information content (AvgIpc) is 2.58. The molecule has 0 heterocycles. The van der Waals surface area contributed by atoms with Crippen molar-refractivity contribution < 1.29 is 9.47 Å². The summed E-state index contributed by atoms with van der Waals surface area (Å²) in [6.07, 6.45) is 0.809. The number of hydrogen-bond acceptors (Lipinski definition) is 3. The Hall–Kier alpha value is -1.50. The van der Waals surface area contributed by atoms with Crippen molar-refractivity contribution in [2.24, 2.45) is 0 Å². The van der Waals surface area contributed by atoms with Crippen molar-refractivity contribution in [2.75, 3.05) is 26.1 Å². The largest absolute Gasteiger partial charge is 0.493 e. The second kappa shape index (κ2) is 9.11. The van der Waals surface area contributed by atoms with Crippen LogP contribution in [-0.2, 0) is 6.42 Å². The van der Waals surface area contributed by atoms with Crippen molar-refractivity contribution in [2.45, 2.75) is 6.42 Å². The van der Waals surface area contributed by atoms with Crippen LogP contribution in [0, 0.1) is 0 Å². The number of hydrogen-bond donors (Lipinski definition) is 2. The maximum absolute atomic E-state index is 6.06. The van der Waals surface area contributed by atoms with Crippen LogP contribution in [0.5, 0.6) is 11.5 Å². The van der Waals surface area contributed by atoms with Crippen molar-refractivity contribution in [1.29, 1.82) is 0 Å². The summed E-state index contributed by atoms with van der Waals surface area (Å²) < 4.78 is 11.4. The predicted molar refractivity (Wildman–Crippen MR) is 107 cm³/mol. The highest BCUT2D eigenvalue weighted by Gasteiger charge is 2.05. The van der Waals surface area contributed by atoms with Gasteiger partial charge in [-0.05, 0) is 70.5 Å². The Morgan fingerprint density at radius 2 is 1.88 bits per heavy atom. The van der Waals surface area contributed by atoms with Gasteiger partial charge in [0.25, 0.3) is 0 Å². The van der Waals surface area contributed by atoms with Crippen LogP contribution < -0.4 is 20.1 Å². The van der Waals surface area contributed by atoms with Gasteiger partial charge in [0.2, 0.25) is 0 Å². The van der Waals surface area contributed by atoms with Gasteiger partial charge in [-0.3, -0.25) is 0 Å². The lowest BCUT2D eigenvalue weighted by molar-refractivity contribution is 0.354. The Morgan fingerprint density at radius 3 is 2.54 bits per heavy atom. The first-order chi connectivity index (χ1) is 11.5. The fraction of sp³-hybridized carbons (Fsp3) is 0.235. The molecule has 7 heteroatoms. The van der Waals surface area contributed by atoms with E-state index in [-0.39, 0.29) is 0 Å². The normalized spacial score (nSPS) is 10.2. The van der Waals surface area contributed by atoms with Crippen LogP contribution in [0.4, 0.5) is 5.69 Å². The summed E-state index contributed by atoms with van der Waals surface area (Å²) >= 11 is 14.7. The van der Waals surface area contributed by atoms with Gasteiger partial charge in [-0.1, -0.05) is 17.7 Å². The van der Waals surface area contributed by atoms with Crippen LogP contribution in [0.3, 0.4) is 0 Å². The molecule has 0 radical (unpaired) electrons. The van der Waals surface area contributed by atoms with Crippen molar-refractivity contribution in [3.63, 3.8) is 0 Å². The van der Waals surface area contributed by atoms with E-state index in [1.165, 1.54) is 0 Å². The summed E-state index contributed by atoms with van der Waals surface area (Å²) in [4.78, 5) is 0. The van der Waals surface area contributed by atoms with Crippen LogP contribution in [0.2, 0.25) is 5.02 Å². The lowest BCUT2D eigenvalue weighted by atomic mass is 10.1. The number of benzene rings is 2. The molecule has 2 aromatic carbocycles. The molecule has 24 heavy (non-hydrogen) atoms. The van der Waals surface area contributed by atoms with Crippen molar-refractivity contribution in [3.8, 4) is 11.5 Å². The van der Waals surface area contributed by atoms with Crippen LogP contribution >= 0.6 is 39.7 Å². The molecular weight excluding hydrogens is 412 g/mol. The molecule has 0 aromatic heterocycles. The first-order valence-corrected chi connectivity index (χ1v) is 8.82. The Kier molecular flexibility index (Phi) is 7.15. The van der Waals surface area contributed by atoms with Crippen molar-refractivity contribution in [3.05, 3.63) is 51.5 Å². The predicted octanol–water partition coefficient (Wildman–Crippen LogP) is 4.65. The third-order valence-corrected chi connectivity index (χ3v) is 4.80. The molecule has 0 saturated carbocycles. The van der Waals surface area contributed by atoms with E-state index in [0.29, 0.717) is 16.7 Å². The average molecular weight is 430 g/mol. The monoisotopic (exact) mass is 428 g/mol. The Morgan fingerprint density at radius 1 is 1.12 bits per heavy atom. The Labute approximate surface area is 160 Å². The summed E-state index contributed by atoms with van der Waals surface area (Å²) in [7, 11) is 3.25. The van der Waals surface area contributed by atoms with E-state index in [9.17, 15) is 0 Å². The molecule has 2 rings (SSSR count).